The summed E-state index contributed by atoms with van der Waals surface area (Å²) in [6.07, 6.45) is -0.0838. The minimum Gasteiger partial charge on any atom is -0.492 e. The summed E-state index contributed by atoms with van der Waals surface area (Å²) in [5, 5.41) is 0. The standard InChI is InChI=1S/C11H14FNO3.ClH/c1-15-11(14)6-8-2-3-9(7-10(8)12)16-5-4-13;/h2-3,7H,4-6,13H2,1H3;1H. The van der Waals surface area contributed by atoms with Crippen LogP contribution in [0.2, 0.25) is 0 Å². The van der Waals surface area contributed by atoms with Crippen LogP contribution in [0.15, 0.2) is 18.2 Å². The van der Waals surface area contributed by atoms with Gasteiger partial charge in [-0.05, 0) is 11.6 Å². The van der Waals surface area contributed by atoms with Crippen LogP contribution in [0.4, 0.5) is 4.39 Å². The first-order chi connectivity index (χ1) is 7.67. The maximum Gasteiger partial charge on any atom is 0.310 e. The average molecular weight is 264 g/mol. The van der Waals surface area contributed by atoms with Crippen molar-refractivity contribution >= 4 is 18.4 Å². The van der Waals surface area contributed by atoms with Crippen LogP contribution in [0.25, 0.3) is 0 Å². The Kier molecular flexibility index (Phi) is 7.25. The zero-order valence-corrected chi connectivity index (χ0v) is 10.3. The van der Waals surface area contributed by atoms with E-state index in [-0.39, 0.29) is 24.4 Å². The quantitative estimate of drug-likeness (QED) is 0.814. The molecule has 1 rings (SSSR count). The molecule has 0 saturated heterocycles. The summed E-state index contributed by atoms with van der Waals surface area (Å²) in [5.41, 5.74) is 5.53. The summed E-state index contributed by atoms with van der Waals surface area (Å²) >= 11 is 0. The Hall–Kier alpha value is -1.33. The van der Waals surface area contributed by atoms with Crippen LogP contribution in [0.5, 0.6) is 5.75 Å². The largest absolute Gasteiger partial charge is 0.492 e. The van der Waals surface area contributed by atoms with Crippen molar-refractivity contribution in [3.63, 3.8) is 0 Å². The third kappa shape index (κ3) is 5.01. The number of rotatable bonds is 5. The maximum atomic E-state index is 13.5. The summed E-state index contributed by atoms with van der Waals surface area (Å²) in [6.45, 7) is 0.696. The lowest BCUT2D eigenvalue weighted by molar-refractivity contribution is -0.139. The molecule has 4 nitrogen and oxygen atoms in total. The van der Waals surface area contributed by atoms with Gasteiger partial charge in [-0.1, -0.05) is 6.07 Å². The van der Waals surface area contributed by atoms with Gasteiger partial charge in [-0.3, -0.25) is 4.79 Å². The molecular formula is C11H15ClFNO3. The van der Waals surface area contributed by atoms with Crippen molar-refractivity contribution in [1.82, 2.24) is 0 Å². The number of hydrogen-bond donors (Lipinski definition) is 1. The van der Waals surface area contributed by atoms with E-state index in [4.69, 9.17) is 10.5 Å². The molecule has 0 heterocycles. The normalized spacial score (nSPS) is 9.35. The van der Waals surface area contributed by atoms with E-state index in [1.54, 1.807) is 6.07 Å². The van der Waals surface area contributed by atoms with Gasteiger partial charge in [0.1, 0.15) is 18.2 Å². The number of esters is 1. The number of methoxy groups -OCH3 is 1. The molecule has 1 aromatic carbocycles. The Bertz CT molecular complexity index is 374. The molecule has 0 saturated carbocycles. The fourth-order valence-electron chi connectivity index (χ4n) is 1.17. The van der Waals surface area contributed by atoms with E-state index in [0.717, 1.165) is 0 Å². The molecule has 96 valence electrons. The van der Waals surface area contributed by atoms with Gasteiger partial charge in [-0.25, -0.2) is 4.39 Å². The molecule has 0 spiro atoms. The Labute approximate surface area is 105 Å². The fraction of sp³-hybridized carbons (Fsp3) is 0.364. The summed E-state index contributed by atoms with van der Waals surface area (Å²) in [7, 11) is 1.26. The topological polar surface area (TPSA) is 61.5 Å². The van der Waals surface area contributed by atoms with Crippen LogP contribution >= 0.6 is 12.4 Å². The van der Waals surface area contributed by atoms with Crippen LogP contribution < -0.4 is 10.5 Å². The highest BCUT2D eigenvalue weighted by molar-refractivity contribution is 5.85. The lowest BCUT2D eigenvalue weighted by Crippen LogP contribution is -2.11. The minimum absolute atomic E-state index is 0. The van der Waals surface area contributed by atoms with Crippen molar-refractivity contribution < 1.29 is 18.7 Å². The first-order valence-electron chi connectivity index (χ1n) is 4.85. The van der Waals surface area contributed by atoms with Crippen LogP contribution in [-0.4, -0.2) is 26.2 Å². The number of benzene rings is 1. The van der Waals surface area contributed by atoms with E-state index >= 15 is 0 Å². The predicted octanol–water partition coefficient (Wildman–Crippen LogP) is 1.30. The van der Waals surface area contributed by atoms with Gasteiger partial charge in [-0.2, -0.15) is 0 Å². The second-order valence-electron chi connectivity index (χ2n) is 3.14. The Morgan fingerprint density at radius 3 is 2.71 bits per heavy atom. The van der Waals surface area contributed by atoms with Crippen molar-refractivity contribution in [2.45, 2.75) is 6.42 Å². The SMILES string of the molecule is COC(=O)Cc1ccc(OCCN)cc1F.Cl. The molecule has 0 aliphatic carbocycles. The van der Waals surface area contributed by atoms with Crippen LogP contribution in [0, 0.1) is 5.82 Å². The maximum absolute atomic E-state index is 13.5. The molecule has 0 unspecified atom stereocenters. The van der Waals surface area contributed by atoms with Crippen molar-refractivity contribution in [3.05, 3.63) is 29.6 Å². The van der Waals surface area contributed by atoms with Gasteiger partial charge in [0.15, 0.2) is 0 Å². The van der Waals surface area contributed by atoms with Crippen LogP contribution in [-0.2, 0) is 16.0 Å². The van der Waals surface area contributed by atoms with Gasteiger partial charge in [-0.15, -0.1) is 12.4 Å². The van der Waals surface area contributed by atoms with Gasteiger partial charge >= 0.3 is 5.97 Å². The highest BCUT2D eigenvalue weighted by Crippen LogP contribution is 2.17. The lowest BCUT2D eigenvalue weighted by Gasteiger charge is -2.06. The van der Waals surface area contributed by atoms with E-state index in [2.05, 4.69) is 4.74 Å². The molecule has 0 aromatic heterocycles. The number of nitrogens with two attached hydrogens (primary N) is 1. The number of ether oxygens (including phenoxy) is 2. The average Bonchev–Trinajstić information content (AvgIpc) is 2.29. The predicted molar refractivity (Wildman–Crippen MR) is 63.9 cm³/mol. The summed E-state index contributed by atoms with van der Waals surface area (Å²) in [5.74, 6) is -0.564. The Morgan fingerprint density at radius 1 is 1.47 bits per heavy atom. The number of hydrogen-bond acceptors (Lipinski definition) is 4. The molecule has 0 radical (unpaired) electrons. The van der Waals surface area contributed by atoms with E-state index < -0.39 is 11.8 Å². The fourth-order valence-corrected chi connectivity index (χ4v) is 1.17. The van der Waals surface area contributed by atoms with Gasteiger partial charge in [0.05, 0.1) is 13.5 Å². The molecule has 0 fully saturated rings. The third-order valence-electron chi connectivity index (χ3n) is 1.97. The molecule has 0 atom stereocenters. The van der Waals surface area contributed by atoms with Gasteiger partial charge in [0.2, 0.25) is 0 Å². The third-order valence-corrected chi connectivity index (χ3v) is 1.97. The van der Waals surface area contributed by atoms with Gasteiger partial charge in [0.25, 0.3) is 0 Å². The molecule has 1 aromatic rings. The van der Waals surface area contributed by atoms with Crippen LogP contribution in [0.1, 0.15) is 5.56 Å². The van der Waals surface area contributed by atoms with E-state index in [1.807, 2.05) is 0 Å². The van der Waals surface area contributed by atoms with Crippen molar-refractivity contribution in [2.24, 2.45) is 5.73 Å². The second kappa shape index (κ2) is 7.86. The second-order valence-corrected chi connectivity index (χ2v) is 3.14. The first kappa shape index (κ1) is 15.7. The van der Waals surface area contributed by atoms with Crippen molar-refractivity contribution in [1.29, 1.82) is 0 Å². The number of carbonyl (C=O) groups excluding carboxylic acids is 1. The minimum atomic E-state index is -0.486. The van der Waals surface area contributed by atoms with E-state index in [0.29, 0.717) is 18.9 Å². The Balaban J connectivity index is 0.00000256. The lowest BCUT2D eigenvalue weighted by atomic mass is 10.1. The van der Waals surface area contributed by atoms with Gasteiger partial charge in [0, 0.05) is 12.6 Å². The Morgan fingerprint density at radius 2 is 2.18 bits per heavy atom. The molecule has 6 heteroatoms. The van der Waals surface area contributed by atoms with Crippen molar-refractivity contribution in [3.8, 4) is 5.75 Å². The van der Waals surface area contributed by atoms with E-state index in [9.17, 15) is 9.18 Å². The highest BCUT2D eigenvalue weighted by atomic mass is 35.5. The molecule has 0 aliphatic heterocycles. The first-order valence-corrected chi connectivity index (χ1v) is 4.85. The summed E-state index contributed by atoms with van der Waals surface area (Å²) in [4.78, 5) is 11.0. The van der Waals surface area contributed by atoms with Crippen LogP contribution in [0.3, 0.4) is 0 Å². The zero-order chi connectivity index (χ0) is 12.0. The van der Waals surface area contributed by atoms with Gasteiger partial charge < -0.3 is 15.2 Å². The molecular weight excluding hydrogens is 249 g/mol. The van der Waals surface area contributed by atoms with Crippen molar-refractivity contribution in [2.75, 3.05) is 20.3 Å². The smallest absolute Gasteiger partial charge is 0.310 e. The molecule has 0 aliphatic rings. The number of halogens is 2. The summed E-state index contributed by atoms with van der Waals surface area (Å²) < 4.78 is 23.0. The summed E-state index contributed by atoms with van der Waals surface area (Å²) in [6, 6.07) is 4.32. The number of carbonyl (C=O) groups is 1. The molecule has 0 amide bonds. The molecule has 0 bridgehead atoms. The molecule has 2 N–H and O–H groups in total. The van der Waals surface area contributed by atoms with E-state index in [1.165, 1.54) is 19.2 Å². The highest BCUT2D eigenvalue weighted by Gasteiger charge is 2.09. The molecule has 17 heavy (non-hydrogen) atoms. The zero-order valence-electron chi connectivity index (χ0n) is 9.44. The monoisotopic (exact) mass is 263 g/mol.